The lowest BCUT2D eigenvalue weighted by Crippen LogP contribution is -2.17. The molecule has 8 nitrogen and oxygen atoms in total. The first kappa shape index (κ1) is 13.4. The van der Waals surface area contributed by atoms with E-state index in [1.54, 1.807) is 0 Å². The number of carboxylic acid groups (broad SMARTS) is 1. The van der Waals surface area contributed by atoms with Crippen LogP contribution in [0.25, 0.3) is 0 Å². The number of nitrogens with one attached hydrogen (secondary N) is 1. The Morgan fingerprint density at radius 2 is 2.00 bits per heavy atom. The van der Waals surface area contributed by atoms with Crippen LogP contribution < -0.4 is 10.1 Å². The number of rotatable bonds is 4. The molecule has 1 amide bonds. The van der Waals surface area contributed by atoms with E-state index in [-0.39, 0.29) is 22.8 Å². The van der Waals surface area contributed by atoms with Crippen molar-refractivity contribution < 1.29 is 19.4 Å². The molecule has 0 unspecified atom stereocenters. The summed E-state index contributed by atoms with van der Waals surface area (Å²) < 4.78 is 5.01. The Kier molecular flexibility index (Phi) is 3.85. The van der Waals surface area contributed by atoms with E-state index in [1.807, 2.05) is 0 Å². The van der Waals surface area contributed by atoms with Crippen LogP contribution in [0.2, 0.25) is 0 Å². The van der Waals surface area contributed by atoms with Gasteiger partial charge in [-0.2, -0.15) is 0 Å². The SMILES string of the molecule is COc1cnccc1C(=O)Nc1nccnc1C(=O)O. The Hall–Kier alpha value is -3.03. The summed E-state index contributed by atoms with van der Waals surface area (Å²) in [6, 6.07) is 1.45. The number of amides is 1. The van der Waals surface area contributed by atoms with Crippen LogP contribution in [-0.2, 0) is 0 Å². The van der Waals surface area contributed by atoms with Gasteiger partial charge in [-0.3, -0.25) is 9.78 Å². The summed E-state index contributed by atoms with van der Waals surface area (Å²) in [5.41, 5.74) is -0.127. The summed E-state index contributed by atoms with van der Waals surface area (Å²) in [6.07, 6.45) is 5.31. The van der Waals surface area contributed by atoms with Gasteiger partial charge in [-0.15, -0.1) is 0 Å². The van der Waals surface area contributed by atoms with Crippen molar-refractivity contribution in [2.75, 3.05) is 12.4 Å². The summed E-state index contributed by atoms with van der Waals surface area (Å²) in [7, 11) is 1.40. The third kappa shape index (κ3) is 2.69. The molecule has 2 rings (SSSR count). The average molecular weight is 274 g/mol. The predicted molar refractivity (Wildman–Crippen MR) is 67.7 cm³/mol. The molecule has 0 aliphatic heterocycles. The number of nitrogens with zero attached hydrogens (tertiary/aromatic N) is 3. The largest absolute Gasteiger partial charge is 0.494 e. The zero-order chi connectivity index (χ0) is 14.5. The number of carbonyl (C=O) groups is 2. The molecule has 0 saturated carbocycles. The molecule has 102 valence electrons. The van der Waals surface area contributed by atoms with Crippen molar-refractivity contribution in [2.24, 2.45) is 0 Å². The summed E-state index contributed by atoms with van der Waals surface area (Å²) in [6.45, 7) is 0. The van der Waals surface area contributed by atoms with E-state index in [9.17, 15) is 9.59 Å². The lowest BCUT2D eigenvalue weighted by atomic mass is 10.2. The molecule has 2 aromatic rings. The number of hydrogen-bond donors (Lipinski definition) is 2. The molecule has 2 aromatic heterocycles. The fraction of sp³-hybridized carbons (Fsp3) is 0.0833. The van der Waals surface area contributed by atoms with Gasteiger partial charge in [0, 0.05) is 18.6 Å². The molecule has 2 N–H and O–H groups in total. The molecule has 0 aromatic carbocycles. The van der Waals surface area contributed by atoms with E-state index >= 15 is 0 Å². The number of aromatic nitrogens is 3. The van der Waals surface area contributed by atoms with Gasteiger partial charge in [-0.05, 0) is 6.07 Å². The summed E-state index contributed by atoms with van der Waals surface area (Å²) >= 11 is 0. The summed E-state index contributed by atoms with van der Waals surface area (Å²) in [5, 5.41) is 11.3. The molecule has 0 aliphatic rings. The van der Waals surface area contributed by atoms with Gasteiger partial charge in [0.25, 0.3) is 5.91 Å². The Bertz CT molecular complexity index is 659. The van der Waals surface area contributed by atoms with E-state index in [0.29, 0.717) is 0 Å². The van der Waals surface area contributed by atoms with Crippen LogP contribution in [0.15, 0.2) is 30.9 Å². The highest BCUT2D eigenvalue weighted by Crippen LogP contribution is 2.18. The van der Waals surface area contributed by atoms with Gasteiger partial charge in [-0.25, -0.2) is 14.8 Å². The van der Waals surface area contributed by atoms with Crippen LogP contribution in [0, 0.1) is 0 Å². The first-order valence-electron chi connectivity index (χ1n) is 5.47. The topological polar surface area (TPSA) is 114 Å². The molecule has 20 heavy (non-hydrogen) atoms. The van der Waals surface area contributed by atoms with Crippen molar-refractivity contribution in [2.45, 2.75) is 0 Å². The van der Waals surface area contributed by atoms with Crippen LogP contribution in [0.5, 0.6) is 5.75 Å². The van der Waals surface area contributed by atoms with Gasteiger partial charge in [0.1, 0.15) is 5.75 Å². The van der Waals surface area contributed by atoms with Crippen LogP contribution >= 0.6 is 0 Å². The molecule has 0 bridgehead atoms. The van der Waals surface area contributed by atoms with Crippen LogP contribution in [0.3, 0.4) is 0 Å². The molecule has 0 atom stereocenters. The second kappa shape index (κ2) is 5.74. The van der Waals surface area contributed by atoms with E-state index in [0.717, 1.165) is 0 Å². The fourth-order valence-corrected chi connectivity index (χ4v) is 1.49. The highest BCUT2D eigenvalue weighted by molar-refractivity contribution is 6.07. The van der Waals surface area contributed by atoms with Gasteiger partial charge >= 0.3 is 5.97 Å². The molecule has 0 aliphatic carbocycles. The molecular formula is C12H10N4O4. The maximum Gasteiger partial charge on any atom is 0.358 e. The maximum absolute atomic E-state index is 12.1. The number of ether oxygens (including phenoxy) is 1. The average Bonchev–Trinajstić information content (AvgIpc) is 2.47. The van der Waals surface area contributed by atoms with Crippen molar-refractivity contribution in [1.29, 1.82) is 0 Å². The van der Waals surface area contributed by atoms with Crippen molar-refractivity contribution in [3.05, 3.63) is 42.1 Å². The third-order valence-corrected chi connectivity index (χ3v) is 2.38. The number of hydrogen-bond acceptors (Lipinski definition) is 6. The maximum atomic E-state index is 12.1. The fourth-order valence-electron chi connectivity index (χ4n) is 1.49. The van der Waals surface area contributed by atoms with Gasteiger partial charge in [0.2, 0.25) is 0 Å². The lowest BCUT2D eigenvalue weighted by molar-refractivity contribution is 0.0691. The Balaban J connectivity index is 2.31. The zero-order valence-corrected chi connectivity index (χ0v) is 10.4. The Morgan fingerprint density at radius 3 is 2.70 bits per heavy atom. The zero-order valence-electron chi connectivity index (χ0n) is 10.4. The molecule has 0 saturated heterocycles. The van der Waals surface area contributed by atoms with Crippen molar-refractivity contribution in [3.63, 3.8) is 0 Å². The van der Waals surface area contributed by atoms with Crippen LogP contribution in [-0.4, -0.2) is 39.0 Å². The number of anilines is 1. The monoisotopic (exact) mass is 274 g/mol. The first-order chi connectivity index (χ1) is 9.63. The normalized spacial score (nSPS) is 9.85. The minimum absolute atomic E-state index is 0.135. The van der Waals surface area contributed by atoms with E-state index in [2.05, 4.69) is 20.3 Å². The minimum Gasteiger partial charge on any atom is -0.494 e. The molecule has 2 heterocycles. The number of carboxylic acids is 1. The Labute approximate surface area is 113 Å². The van der Waals surface area contributed by atoms with Crippen molar-refractivity contribution >= 4 is 17.7 Å². The highest BCUT2D eigenvalue weighted by atomic mass is 16.5. The quantitative estimate of drug-likeness (QED) is 0.848. The third-order valence-electron chi connectivity index (χ3n) is 2.38. The number of aromatic carboxylic acids is 1. The molecule has 8 heteroatoms. The highest BCUT2D eigenvalue weighted by Gasteiger charge is 2.18. The van der Waals surface area contributed by atoms with Crippen LogP contribution in [0.1, 0.15) is 20.8 Å². The number of pyridine rings is 1. The van der Waals surface area contributed by atoms with E-state index in [4.69, 9.17) is 9.84 Å². The second-order valence-corrected chi connectivity index (χ2v) is 3.59. The Morgan fingerprint density at radius 1 is 1.25 bits per heavy atom. The van der Waals surface area contributed by atoms with Crippen LogP contribution in [0.4, 0.5) is 5.82 Å². The molecule has 0 radical (unpaired) electrons. The minimum atomic E-state index is -1.28. The first-order valence-corrected chi connectivity index (χ1v) is 5.47. The standard InChI is InChI=1S/C12H10N4O4/c1-20-8-6-13-3-2-7(8)11(17)16-10-9(12(18)19)14-4-5-15-10/h2-6H,1H3,(H,18,19)(H,15,16,17). The lowest BCUT2D eigenvalue weighted by Gasteiger charge is -2.09. The predicted octanol–water partition coefficient (Wildman–Crippen LogP) is 0.831. The molecular weight excluding hydrogens is 264 g/mol. The van der Waals surface area contributed by atoms with Gasteiger partial charge in [0.05, 0.1) is 18.9 Å². The second-order valence-electron chi connectivity index (χ2n) is 3.59. The van der Waals surface area contributed by atoms with Gasteiger partial charge in [0.15, 0.2) is 11.5 Å². The smallest absolute Gasteiger partial charge is 0.358 e. The molecule has 0 fully saturated rings. The number of methoxy groups -OCH3 is 1. The number of carbonyl (C=O) groups excluding carboxylic acids is 1. The summed E-state index contributed by atoms with van der Waals surface area (Å²) in [4.78, 5) is 34.3. The van der Waals surface area contributed by atoms with Crippen molar-refractivity contribution in [1.82, 2.24) is 15.0 Å². The van der Waals surface area contributed by atoms with E-state index in [1.165, 1.54) is 38.0 Å². The summed E-state index contributed by atoms with van der Waals surface area (Å²) in [5.74, 6) is -1.71. The van der Waals surface area contributed by atoms with Gasteiger partial charge < -0.3 is 15.2 Å². The van der Waals surface area contributed by atoms with Gasteiger partial charge in [-0.1, -0.05) is 0 Å². The molecule has 0 spiro atoms. The van der Waals surface area contributed by atoms with E-state index < -0.39 is 11.9 Å². The van der Waals surface area contributed by atoms with Crippen molar-refractivity contribution in [3.8, 4) is 5.75 Å².